The maximum absolute atomic E-state index is 11.7. The molecule has 0 saturated carbocycles. The molecule has 0 radical (unpaired) electrons. The second kappa shape index (κ2) is 4.64. The Hall–Kier alpha value is -1.92. The Balaban J connectivity index is 1.96. The molecule has 104 valence electrons. The van der Waals surface area contributed by atoms with Crippen LogP contribution in [0.3, 0.4) is 0 Å². The van der Waals surface area contributed by atoms with Crippen LogP contribution in [0.1, 0.15) is 39.5 Å². The first-order valence-electron chi connectivity index (χ1n) is 6.18. The van der Waals surface area contributed by atoms with Gasteiger partial charge in [0.25, 0.3) is 11.8 Å². The highest BCUT2D eigenvalue weighted by atomic mass is 16.7. The van der Waals surface area contributed by atoms with E-state index < -0.39 is 23.3 Å². The third-order valence-corrected chi connectivity index (χ3v) is 3.47. The van der Waals surface area contributed by atoms with Crippen molar-refractivity contribution < 1.29 is 24.0 Å². The summed E-state index contributed by atoms with van der Waals surface area (Å²) in [6.45, 7) is 3.47. The molecule has 2 heterocycles. The van der Waals surface area contributed by atoms with Gasteiger partial charge in [0.15, 0.2) is 0 Å². The number of rotatable bonds is 3. The molecule has 2 saturated heterocycles. The largest absolute Gasteiger partial charge is 0.352 e. The smallest absolute Gasteiger partial charge is 0.328 e. The summed E-state index contributed by atoms with van der Waals surface area (Å²) >= 11 is 0. The van der Waals surface area contributed by atoms with Crippen molar-refractivity contribution in [1.29, 1.82) is 0 Å². The highest BCUT2D eigenvalue weighted by molar-refractivity contribution is 6.01. The van der Waals surface area contributed by atoms with Gasteiger partial charge in [0, 0.05) is 24.8 Å². The van der Waals surface area contributed by atoms with Crippen molar-refractivity contribution in [2.45, 2.75) is 45.1 Å². The van der Waals surface area contributed by atoms with Gasteiger partial charge < -0.3 is 9.74 Å². The second-order valence-electron chi connectivity index (χ2n) is 5.34. The Morgan fingerprint density at radius 1 is 1.11 bits per heavy atom. The Kier molecular flexibility index (Phi) is 3.30. The summed E-state index contributed by atoms with van der Waals surface area (Å²) in [5.74, 6) is -1.94. The lowest BCUT2D eigenvalue weighted by Gasteiger charge is -2.30. The lowest BCUT2D eigenvalue weighted by Crippen LogP contribution is -2.46. The number of nitrogens with zero attached hydrogens (tertiary/aromatic N) is 2. The molecule has 0 atom stereocenters. The average molecular weight is 268 g/mol. The van der Waals surface area contributed by atoms with Gasteiger partial charge in [0.1, 0.15) is 6.54 Å². The van der Waals surface area contributed by atoms with Crippen molar-refractivity contribution in [2.75, 3.05) is 6.54 Å². The molecule has 0 unspecified atom stereocenters. The van der Waals surface area contributed by atoms with Gasteiger partial charge in [-0.1, -0.05) is 0 Å². The summed E-state index contributed by atoms with van der Waals surface area (Å²) in [5.41, 5.74) is -0.408. The van der Waals surface area contributed by atoms with E-state index in [1.165, 1.54) is 4.90 Å². The molecule has 0 aromatic heterocycles. The Morgan fingerprint density at radius 3 is 2.16 bits per heavy atom. The number of carbonyl (C=O) groups excluding carboxylic acids is 4. The summed E-state index contributed by atoms with van der Waals surface area (Å²) in [6.07, 6.45) is 1.17. The molecule has 0 N–H and O–H groups in total. The predicted molar refractivity (Wildman–Crippen MR) is 62.2 cm³/mol. The van der Waals surface area contributed by atoms with E-state index in [0.717, 1.165) is 0 Å². The zero-order valence-corrected chi connectivity index (χ0v) is 11.0. The van der Waals surface area contributed by atoms with E-state index in [4.69, 9.17) is 4.84 Å². The van der Waals surface area contributed by atoms with Gasteiger partial charge in [0.05, 0.1) is 0 Å². The lowest BCUT2D eigenvalue weighted by atomic mass is 10.0. The fourth-order valence-electron chi connectivity index (χ4n) is 2.24. The molecule has 2 aliphatic rings. The first-order valence-corrected chi connectivity index (χ1v) is 6.18. The van der Waals surface area contributed by atoms with Crippen LogP contribution in [0.5, 0.6) is 0 Å². The molecular formula is C12H16N2O5. The standard InChI is InChI=1S/C12H16N2O5/c1-12(2)6-5-8(15)13(12)7-11(18)19-14-9(16)3-4-10(14)17/h3-7H2,1-2H3. The molecule has 19 heavy (non-hydrogen) atoms. The van der Waals surface area contributed by atoms with Crippen LogP contribution in [0.2, 0.25) is 0 Å². The van der Waals surface area contributed by atoms with Crippen LogP contribution in [-0.4, -0.2) is 45.7 Å². The number of carbonyl (C=O) groups is 4. The van der Waals surface area contributed by atoms with Crippen LogP contribution in [0, 0.1) is 0 Å². The van der Waals surface area contributed by atoms with E-state index >= 15 is 0 Å². The van der Waals surface area contributed by atoms with Crippen LogP contribution in [0.15, 0.2) is 0 Å². The molecule has 7 nitrogen and oxygen atoms in total. The van der Waals surface area contributed by atoms with Gasteiger partial charge in [-0.3, -0.25) is 14.4 Å². The Labute approximate surface area is 110 Å². The van der Waals surface area contributed by atoms with Crippen LogP contribution in [-0.2, 0) is 24.0 Å². The highest BCUT2D eigenvalue weighted by Crippen LogP contribution is 2.29. The molecular weight excluding hydrogens is 252 g/mol. The first-order chi connectivity index (χ1) is 8.81. The van der Waals surface area contributed by atoms with Crippen molar-refractivity contribution in [3.63, 3.8) is 0 Å². The minimum atomic E-state index is -0.771. The van der Waals surface area contributed by atoms with E-state index in [2.05, 4.69) is 0 Å². The first kappa shape index (κ1) is 13.5. The van der Waals surface area contributed by atoms with Crippen LogP contribution in [0.4, 0.5) is 0 Å². The topological polar surface area (TPSA) is 84.0 Å². The van der Waals surface area contributed by atoms with E-state index in [-0.39, 0.29) is 25.3 Å². The average Bonchev–Trinajstić information content (AvgIpc) is 2.76. The summed E-state index contributed by atoms with van der Waals surface area (Å²) in [7, 11) is 0. The molecule has 0 bridgehead atoms. The predicted octanol–water partition coefficient (Wildman–Crippen LogP) is -0.00540. The molecule has 0 aromatic rings. The Morgan fingerprint density at radius 2 is 1.68 bits per heavy atom. The highest BCUT2D eigenvalue weighted by Gasteiger charge is 2.40. The van der Waals surface area contributed by atoms with Gasteiger partial charge in [-0.2, -0.15) is 0 Å². The number of hydrogen-bond donors (Lipinski definition) is 0. The molecule has 2 aliphatic heterocycles. The normalized spacial score (nSPS) is 22.3. The van der Waals surface area contributed by atoms with Gasteiger partial charge in [0.2, 0.25) is 5.91 Å². The van der Waals surface area contributed by atoms with E-state index in [1.54, 1.807) is 0 Å². The van der Waals surface area contributed by atoms with Gasteiger partial charge in [-0.05, 0) is 20.3 Å². The summed E-state index contributed by atoms with van der Waals surface area (Å²) in [5, 5.41) is 0.496. The van der Waals surface area contributed by atoms with Gasteiger partial charge >= 0.3 is 5.97 Å². The minimum absolute atomic E-state index is 0.0558. The summed E-state index contributed by atoms with van der Waals surface area (Å²) in [6, 6.07) is 0. The molecule has 0 aliphatic carbocycles. The molecule has 7 heteroatoms. The van der Waals surface area contributed by atoms with Crippen molar-refractivity contribution >= 4 is 23.7 Å². The van der Waals surface area contributed by atoms with Crippen molar-refractivity contribution in [3.8, 4) is 0 Å². The fraction of sp³-hybridized carbons (Fsp3) is 0.667. The molecule has 2 rings (SSSR count). The minimum Gasteiger partial charge on any atom is -0.328 e. The fourth-order valence-corrected chi connectivity index (χ4v) is 2.24. The van der Waals surface area contributed by atoms with Crippen LogP contribution < -0.4 is 0 Å². The lowest BCUT2D eigenvalue weighted by molar-refractivity contribution is -0.198. The summed E-state index contributed by atoms with van der Waals surface area (Å²) in [4.78, 5) is 52.1. The van der Waals surface area contributed by atoms with E-state index in [1.807, 2.05) is 13.8 Å². The quantitative estimate of drug-likeness (QED) is 0.672. The molecule has 0 spiro atoms. The third kappa shape index (κ3) is 2.59. The monoisotopic (exact) mass is 268 g/mol. The molecule has 2 fully saturated rings. The molecule has 0 aromatic carbocycles. The van der Waals surface area contributed by atoms with Gasteiger partial charge in [-0.25, -0.2) is 4.79 Å². The van der Waals surface area contributed by atoms with Crippen molar-refractivity contribution in [3.05, 3.63) is 0 Å². The third-order valence-electron chi connectivity index (χ3n) is 3.47. The number of hydroxylamine groups is 2. The second-order valence-corrected chi connectivity index (χ2v) is 5.34. The zero-order valence-electron chi connectivity index (χ0n) is 11.0. The van der Waals surface area contributed by atoms with E-state index in [9.17, 15) is 19.2 Å². The number of imide groups is 1. The zero-order chi connectivity index (χ0) is 14.2. The Bertz CT molecular complexity index is 441. The molecule has 3 amide bonds. The van der Waals surface area contributed by atoms with E-state index in [0.29, 0.717) is 17.9 Å². The number of likely N-dealkylation sites (tertiary alicyclic amines) is 1. The van der Waals surface area contributed by atoms with Crippen molar-refractivity contribution in [1.82, 2.24) is 9.96 Å². The number of hydrogen-bond acceptors (Lipinski definition) is 5. The SMILES string of the molecule is CC1(C)CCC(=O)N1CC(=O)ON1C(=O)CCC1=O. The summed E-state index contributed by atoms with van der Waals surface area (Å²) < 4.78 is 0. The van der Waals surface area contributed by atoms with Crippen molar-refractivity contribution in [2.24, 2.45) is 0 Å². The van der Waals surface area contributed by atoms with Gasteiger partial charge in [-0.15, -0.1) is 5.06 Å². The van der Waals surface area contributed by atoms with Crippen LogP contribution in [0.25, 0.3) is 0 Å². The van der Waals surface area contributed by atoms with Crippen LogP contribution >= 0.6 is 0 Å². The number of amides is 3. The maximum atomic E-state index is 11.7. The maximum Gasteiger partial charge on any atom is 0.352 e.